The SMILES string of the molecule is CCCCN(CCCC)C(SSSC(N(CCCC)CCCC)=S(CCCC)CCCC)=S(CCCC)CCCC. The van der Waals surface area contributed by atoms with Crippen molar-refractivity contribution in [3.05, 3.63) is 0 Å². The van der Waals surface area contributed by atoms with E-state index in [0.29, 0.717) is 21.0 Å². The van der Waals surface area contributed by atoms with Gasteiger partial charge in [-0.15, -0.1) is 0 Å². The van der Waals surface area contributed by atoms with Gasteiger partial charge in [0, 0.05) is 26.2 Å². The molecule has 0 amide bonds. The Bertz CT molecular complexity index is 563. The highest BCUT2D eigenvalue weighted by Crippen LogP contribution is 2.44. The molecule has 0 rings (SSSR count). The summed E-state index contributed by atoms with van der Waals surface area (Å²) >= 11 is 0. The number of rotatable bonds is 26. The highest BCUT2D eigenvalue weighted by atomic mass is 33.5. The maximum absolute atomic E-state index is 2.86. The summed E-state index contributed by atoms with van der Waals surface area (Å²) in [6.07, 6.45) is 21.2. The third kappa shape index (κ3) is 20.9. The van der Waals surface area contributed by atoms with Crippen molar-refractivity contribution in [3.8, 4) is 0 Å². The van der Waals surface area contributed by atoms with Crippen molar-refractivity contribution in [2.24, 2.45) is 0 Å². The molecule has 0 aliphatic rings. The van der Waals surface area contributed by atoms with Crippen LogP contribution in [0.15, 0.2) is 0 Å². The average molecular weight is 669 g/mol. The molecule has 2 nitrogen and oxygen atoms in total. The Balaban J connectivity index is 6.43. The molecule has 0 unspecified atom stereocenters. The first-order valence-corrected chi connectivity index (χ1v) is 24.3. The standard InChI is InChI=1S/C34H72N2S5/c1-9-17-25-35(26-18-10-2)33(40(29-21-13-5)30-22-14-6)37-39-38-34(36(27-19-11-3)28-20-12-4)41(31-23-15-7)32-24-16-8/h9-32H2,1-8H3. The van der Waals surface area contributed by atoms with E-state index in [1.165, 1.54) is 152 Å². The molecular formula is C34H72N2S5. The summed E-state index contributed by atoms with van der Waals surface area (Å²) in [4.78, 5) is 5.72. The van der Waals surface area contributed by atoms with E-state index in [1.807, 2.05) is 0 Å². The molecule has 0 bridgehead atoms. The van der Waals surface area contributed by atoms with Crippen LogP contribution >= 0.6 is 52.4 Å². The average Bonchev–Trinajstić information content (AvgIpc) is 2.99. The smallest absolute Gasteiger partial charge is 0.0874 e. The third-order valence-electron chi connectivity index (χ3n) is 7.32. The van der Waals surface area contributed by atoms with Crippen LogP contribution in [0.2, 0.25) is 0 Å². The molecule has 0 heterocycles. The highest BCUT2D eigenvalue weighted by molar-refractivity contribution is 9.15. The molecule has 0 aromatic rings. The minimum atomic E-state index is 0.396. The molecular weight excluding hydrogens is 597 g/mol. The van der Waals surface area contributed by atoms with E-state index in [0.717, 1.165) is 0 Å². The predicted octanol–water partition coefficient (Wildman–Crippen LogP) is 12.7. The fourth-order valence-electron chi connectivity index (χ4n) is 4.45. The monoisotopic (exact) mass is 668 g/mol. The summed E-state index contributed by atoms with van der Waals surface area (Å²) in [6.45, 7) is 23.9. The van der Waals surface area contributed by atoms with Crippen LogP contribution < -0.4 is 0 Å². The molecule has 0 atom stereocenters. The van der Waals surface area contributed by atoms with Gasteiger partial charge in [-0.3, -0.25) is 9.80 Å². The van der Waals surface area contributed by atoms with Crippen LogP contribution in [0.1, 0.15) is 158 Å². The molecule has 0 radical (unpaired) electrons. The minimum Gasteiger partial charge on any atom is -0.264 e. The Hall–Kier alpha value is 1.41. The van der Waals surface area contributed by atoms with Crippen LogP contribution in [0.5, 0.6) is 0 Å². The largest absolute Gasteiger partial charge is 0.264 e. The van der Waals surface area contributed by atoms with Crippen LogP contribution in [0.4, 0.5) is 0 Å². The number of unbranched alkanes of at least 4 members (excludes halogenated alkanes) is 8. The second-order valence-electron chi connectivity index (χ2n) is 11.4. The Labute approximate surface area is 276 Å². The lowest BCUT2D eigenvalue weighted by atomic mass is 10.3. The molecule has 0 N–H and O–H groups in total. The molecule has 0 aromatic carbocycles. The van der Waals surface area contributed by atoms with Crippen molar-refractivity contribution in [2.45, 2.75) is 158 Å². The van der Waals surface area contributed by atoms with E-state index >= 15 is 0 Å². The van der Waals surface area contributed by atoms with Crippen molar-refractivity contribution in [1.82, 2.24) is 9.80 Å². The molecule has 0 aliphatic heterocycles. The van der Waals surface area contributed by atoms with Gasteiger partial charge >= 0.3 is 0 Å². The summed E-state index contributed by atoms with van der Waals surface area (Å²) < 4.78 is 3.50. The van der Waals surface area contributed by atoms with E-state index in [2.05, 4.69) is 96.6 Å². The first-order valence-electron chi connectivity index (χ1n) is 17.7. The van der Waals surface area contributed by atoms with E-state index < -0.39 is 0 Å². The zero-order valence-electron chi connectivity index (χ0n) is 28.9. The number of hydrogen-bond donors (Lipinski definition) is 0. The van der Waals surface area contributed by atoms with Crippen LogP contribution in [0.3, 0.4) is 0 Å². The molecule has 0 saturated heterocycles. The zero-order valence-corrected chi connectivity index (χ0v) is 33.0. The van der Waals surface area contributed by atoms with Crippen LogP contribution in [-0.4, -0.2) is 67.6 Å². The second-order valence-corrected chi connectivity index (χ2v) is 20.1. The Morgan fingerprint density at radius 1 is 0.390 bits per heavy atom. The van der Waals surface area contributed by atoms with Crippen LogP contribution in [0.25, 0.3) is 0 Å². The van der Waals surface area contributed by atoms with Crippen LogP contribution in [-0.2, 0) is 0 Å². The van der Waals surface area contributed by atoms with E-state index in [-0.39, 0.29) is 0 Å². The second kappa shape index (κ2) is 31.4. The first kappa shape index (κ1) is 42.4. The quantitative estimate of drug-likeness (QED) is 0.0666. The summed E-state index contributed by atoms with van der Waals surface area (Å²) in [7, 11) is 7.31. The van der Waals surface area contributed by atoms with Gasteiger partial charge in [0.1, 0.15) is 0 Å². The molecule has 248 valence electrons. The summed E-state index contributed by atoms with van der Waals surface area (Å²) in [5.41, 5.74) is 0. The van der Waals surface area contributed by atoms with Gasteiger partial charge in [0.15, 0.2) is 0 Å². The lowest BCUT2D eigenvalue weighted by Crippen LogP contribution is -2.32. The molecule has 0 aromatic heterocycles. The van der Waals surface area contributed by atoms with Crippen LogP contribution in [0, 0.1) is 0 Å². The fourth-order valence-corrected chi connectivity index (χ4v) is 17.4. The number of nitrogens with zero attached hydrogens (tertiary/aromatic N) is 2. The lowest BCUT2D eigenvalue weighted by Gasteiger charge is -2.30. The minimum absolute atomic E-state index is 0.396. The predicted molar refractivity (Wildman–Crippen MR) is 210 cm³/mol. The molecule has 0 spiro atoms. The van der Waals surface area contributed by atoms with Crippen molar-refractivity contribution in [1.29, 1.82) is 0 Å². The Kier molecular flexibility index (Phi) is 32.5. The highest BCUT2D eigenvalue weighted by Gasteiger charge is 2.20. The van der Waals surface area contributed by atoms with Gasteiger partial charge in [0.25, 0.3) is 0 Å². The van der Waals surface area contributed by atoms with E-state index in [9.17, 15) is 0 Å². The molecule has 0 fully saturated rings. The lowest BCUT2D eigenvalue weighted by molar-refractivity contribution is 0.410. The van der Waals surface area contributed by atoms with Gasteiger partial charge in [-0.25, -0.2) is 0 Å². The Morgan fingerprint density at radius 3 is 0.854 bits per heavy atom. The van der Waals surface area contributed by atoms with Gasteiger partial charge in [-0.2, -0.15) is 21.0 Å². The molecule has 0 saturated carbocycles. The zero-order chi connectivity index (χ0) is 30.6. The van der Waals surface area contributed by atoms with Gasteiger partial charge in [0.2, 0.25) is 0 Å². The van der Waals surface area contributed by atoms with Crippen molar-refractivity contribution < 1.29 is 0 Å². The first-order chi connectivity index (χ1) is 20.1. The van der Waals surface area contributed by atoms with Gasteiger partial charge < -0.3 is 0 Å². The number of hydrogen-bond acceptors (Lipinski definition) is 3. The third-order valence-corrected chi connectivity index (χ3v) is 18.0. The maximum Gasteiger partial charge on any atom is 0.0874 e. The summed E-state index contributed by atoms with van der Waals surface area (Å²) in [5.74, 6) is 5.58. The normalized spacial score (nSPS) is 12.0. The van der Waals surface area contributed by atoms with Gasteiger partial charge in [-0.05, 0) is 106 Å². The van der Waals surface area contributed by atoms with Crippen molar-refractivity contribution in [3.63, 3.8) is 0 Å². The fraction of sp³-hybridized carbons (Fsp3) is 0.941. The van der Waals surface area contributed by atoms with Gasteiger partial charge in [-0.1, -0.05) is 107 Å². The molecule has 0 aliphatic carbocycles. The molecule has 7 heteroatoms. The topological polar surface area (TPSA) is 6.48 Å². The van der Waals surface area contributed by atoms with E-state index in [4.69, 9.17) is 0 Å². The van der Waals surface area contributed by atoms with E-state index in [1.54, 1.807) is 8.64 Å². The Morgan fingerprint density at radius 2 is 0.634 bits per heavy atom. The maximum atomic E-state index is 2.86. The summed E-state index contributed by atoms with van der Waals surface area (Å²) in [6, 6.07) is 0. The van der Waals surface area contributed by atoms with Crippen molar-refractivity contribution in [2.75, 3.05) is 49.2 Å². The molecule has 41 heavy (non-hydrogen) atoms. The van der Waals surface area contributed by atoms with Gasteiger partial charge in [0.05, 0.1) is 8.64 Å². The summed E-state index contributed by atoms with van der Waals surface area (Å²) in [5, 5.41) is 0. The van der Waals surface area contributed by atoms with Crippen molar-refractivity contribution >= 4 is 61.0 Å².